The minimum absolute atomic E-state index is 0.221. The van der Waals surface area contributed by atoms with E-state index in [1.54, 1.807) is 12.1 Å². The molecule has 7 heteroatoms. The molecule has 0 spiro atoms. The summed E-state index contributed by atoms with van der Waals surface area (Å²) in [6.07, 6.45) is 3.77. The third-order valence-electron chi connectivity index (χ3n) is 4.04. The fourth-order valence-corrected chi connectivity index (χ4v) is 3.40. The van der Waals surface area contributed by atoms with Gasteiger partial charge in [-0.15, -0.1) is 0 Å². The fourth-order valence-electron chi connectivity index (χ4n) is 2.90. The number of aromatic nitrogens is 2. The van der Waals surface area contributed by atoms with Crippen LogP contribution in [0.3, 0.4) is 0 Å². The minimum Gasteiger partial charge on any atom is -0.337 e. The molecule has 4 nitrogen and oxygen atoms in total. The molecule has 0 radical (unpaired) electrons. The van der Waals surface area contributed by atoms with Crippen molar-refractivity contribution in [2.45, 2.75) is 23.2 Å². The zero-order valence-electron chi connectivity index (χ0n) is 13.0. The molecule has 1 aromatic heterocycles. The maximum absolute atomic E-state index is 12.4. The van der Waals surface area contributed by atoms with Crippen LogP contribution < -0.4 is 5.32 Å². The van der Waals surface area contributed by atoms with E-state index in [1.807, 2.05) is 36.1 Å². The van der Waals surface area contributed by atoms with Gasteiger partial charge in [-0.1, -0.05) is 23.9 Å². The van der Waals surface area contributed by atoms with Crippen LogP contribution in [0.25, 0.3) is 0 Å². The minimum atomic E-state index is -2.37. The van der Waals surface area contributed by atoms with Gasteiger partial charge >= 0.3 is 0 Å². The van der Waals surface area contributed by atoms with Crippen LogP contribution in [-0.2, 0) is 13.6 Å². The largest absolute Gasteiger partial charge is 0.337 e. The van der Waals surface area contributed by atoms with Crippen molar-refractivity contribution in [2.24, 2.45) is 7.05 Å². The Morgan fingerprint density at radius 2 is 2.13 bits per heavy atom. The van der Waals surface area contributed by atoms with Crippen LogP contribution in [0.5, 0.6) is 0 Å². The topological polar surface area (TPSA) is 33.1 Å². The number of piperazine rings is 1. The SMILES string of the molecule is Cn1ccnc1C1CNCCN1Cc1ccc(SC(F)F)cc1. The number of nitrogens with zero attached hydrogens (tertiary/aromatic N) is 3. The molecule has 2 aromatic rings. The summed E-state index contributed by atoms with van der Waals surface area (Å²) in [7, 11) is 2.01. The van der Waals surface area contributed by atoms with Gasteiger partial charge in [-0.3, -0.25) is 4.90 Å². The lowest BCUT2D eigenvalue weighted by Gasteiger charge is -2.35. The Morgan fingerprint density at radius 1 is 1.35 bits per heavy atom. The predicted molar refractivity (Wildman–Crippen MR) is 87.5 cm³/mol. The van der Waals surface area contributed by atoms with Crippen LogP contribution in [0, 0.1) is 0 Å². The predicted octanol–water partition coefficient (Wildman–Crippen LogP) is 2.88. The highest BCUT2D eigenvalue weighted by atomic mass is 32.2. The molecule has 0 aliphatic carbocycles. The lowest BCUT2D eigenvalue weighted by molar-refractivity contribution is 0.144. The molecule has 23 heavy (non-hydrogen) atoms. The van der Waals surface area contributed by atoms with E-state index in [1.165, 1.54) is 0 Å². The number of aryl methyl sites for hydroxylation is 1. The van der Waals surface area contributed by atoms with Crippen LogP contribution >= 0.6 is 11.8 Å². The number of hydrogen-bond acceptors (Lipinski definition) is 4. The second-order valence-electron chi connectivity index (χ2n) is 5.61. The summed E-state index contributed by atoms with van der Waals surface area (Å²) in [6, 6.07) is 7.62. The average Bonchev–Trinajstić information content (AvgIpc) is 2.95. The molecule has 1 aliphatic heterocycles. The summed E-state index contributed by atoms with van der Waals surface area (Å²) < 4.78 is 26.8. The molecule has 1 aliphatic rings. The maximum Gasteiger partial charge on any atom is 0.288 e. The van der Waals surface area contributed by atoms with Gasteiger partial charge in [0.15, 0.2) is 0 Å². The van der Waals surface area contributed by atoms with Crippen molar-refractivity contribution in [2.75, 3.05) is 19.6 Å². The van der Waals surface area contributed by atoms with Gasteiger partial charge in [-0.05, 0) is 17.7 Å². The van der Waals surface area contributed by atoms with E-state index in [2.05, 4.69) is 15.2 Å². The highest BCUT2D eigenvalue weighted by molar-refractivity contribution is 7.99. The first kappa shape index (κ1) is 16.4. The first-order valence-corrected chi connectivity index (χ1v) is 8.47. The van der Waals surface area contributed by atoms with Gasteiger partial charge in [0, 0.05) is 50.5 Å². The summed E-state index contributed by atoms with van der Waals surface area (Å²) in [5.74, 6) is -1.33. The normalized spacial score (nSPS) is 19.4. The van der Waals surface area contributed by atoms with Crippen LogP contribution in [0.4, 0.5) is 8.78 Å². The Bertz CT molecular complexity index is 629. The molecule has 1 aromatic carbocycles. The van der Waals surface area contributed by atoms with Crippen molar-refractivity contribution >= 4 is 11.8 Å². The lowest BCUT2D eigenvalue weighted by Crippen LogP contribution is -2.46. The number of nitrogens with one attached hydrogen (secondary N) is 1. The summed E-state index contributed by atoms with van der Waals surface area (Å²) in [4.78, 5) is 7.46. The standard InChI is InChI=1S/C16H20F2N4S/c1-21-8-7-20-15(21)14-10-19-6-9-22(14)11-12-2-4-13(5-3-12)23-16(17)18/h2-5,7-8,14,16,19H,6,9-11H2,1H3. The number of imidazole rings is 1. The van der Waals surface area contributed by atoms with Crippen molar-refractivity contribution in [3.63, 3.8) is 0 Å². The van der Waals surface area contributed by atoms with E-state index in [9.17, 15) is 8.78 Å². The van der Waals surface area contributed by atoms with Crippen molar-refractivity contribution in [1.82, 2.24) is 19.8 Å². The van der Waals surface area contributed by atoms with E-state index in [4.69, 9.17) is 0 Å². The summed E-state index contributed by atoms with van der Waals surface area (Å²) >= 11 is 0.583. The molecule has 0 amide bonds. The van der Waals surface area contributed by atoms with Gasteiger partial charge in [0.05, 0.1) is 6.04 Å². The van der Waals surface area contributed by atoms with Crippen LogP contribution in [-0.4, -0.2) is 39.8 Å². The highest BCUT2D eigenvalue weighted by Crippen LogP contribution is 2.27. The highest BCUT2D eigenvalue weighted by Gasteiger charge is 2.26. The Balaban J connectivity index is 1.71. The van der Waals surface area contributed by atoms with Crippen LogP contribution in [0.1, 0.15) is 17.4 Å². The van der Waals surface area contributed by atoms with E-state index in [-0.39, 0.29) is 6.04 Å². The number of rotatable bonds is 5. The fraction of sp³-hybridized carbons (Fsp3) is 0.438. The molecule has 1 saturated heterocycles. The second kappa shape index (κ2) is 7.42. The molecule has 0 saturated carbocycles. The molecule has 124 valence electrons. The number of hydrogen-bond donors (Lipinski definition) is 1. The van der Waals surface area contributed by atoms with Crippen molar-refractivity contribution in [3.05, 3.63) is 48.0 Å². The van der Waals surface area contributed by atoms with Gasteiger partial charge in [-0.25, -0.2) is 4.98 Å². The quantitative estimate of drug-likeness (QED) is 0.850. The number of thioether (sulfide) groups is 1. The Kier molecular flexibility index (Phi) is 5.30. The summed E-state index contributed by atoms with van der Waals surface area (Å²) in [5, 5.41) is 3.42. The molecule has 1 atom stereocenters. The van der Waals surface area contributed by atoms with Crippen molar-refractivity contribution in [3.8, 4) is 0 Å². The van der Waals surface area contributed by atoms with Gasteiger partial charge in [0.1, 0.15) is 5.82 Å². The van der Waals surface area contributed by atoms with Gasteiger partial charge in [-0.2, -0.15) is 8.78 Å². The Morgan fingerprint density at radius 3 is 2.78 bits per heavy atom. The van der Waals surface area contributed by atoms with E-state index < -0.39 is 5.76 Å². The first-order chi connectivity index (χ1) is 11.1. The molecule has 0 bridgehead atoms. The van der Waals surface area contributed by atoms with Gasteiger partial charge in [0.2, 0.25) is 0 Å². The Labute approximate surface area is 138 Å². The molecule has 3 rings (SSSR count). The van der Waals surface area contributed by atoms with E-state index >= 15 is 0 Å². The maximum atomic E-state index is 12.4. The molecule has 1 N–H and O–H groups in total. The van der Waals surface area contributed by atoms with E-state index in [0.29, 0.717) is 16.7 Å². The monoisotopic (exact) mass is 338 g/mol. The second-order valence-corrected chi connectivity index (χ2v) is 6.67. The third-order valence-corrected chi connectivity index (χ3v) is 4.77. The molecule has 2 heterocycles. The van der Waals surface area contributed by atoms with Gasteiger partial charge < -0.3 is 9.88 Å². The Hall–Kier alpha value is -1.44. The van der Waals surface area contributed by atoms with Crippen molar-refractivity contribution in [1.29, 1.82) is 0 Å². The lowest BCUT2D eigenvalue weighted by atomic mass is 10.1. The van der Waals surface area contributed by atoms with Crippen LogP contribution in [0.2, 0.25) is 0 Å². The molecular weight excluding hydrogens is 318 g/mol. The number of halogens is 2. The van der Waals surface area contributed by atoms with Crippen molar-refractivity contribution < 1.29 is 8.78 Å². The zero-order chi connectivity index (χ0) is 16.2. The van der Waals surface area contributed by atoms with E-state index in [0.717, 1.165) is 37.6 Å². The molecule has 1 unspecified atom stereocenters. The average molecular weight is 338 g/mol. The van der Waals surface area contributed by atoms with Gasteiger partial charge in [0.25, 0.3) is 5.76 Å². The molecule has 1 fully saturated rings. The number of benzene rings is 1. The van der Waals surface area contributed by atoms with Crippen LogP contribution in [0.15, 0.2) is 41.6 Å². The zero-order valence-corrected chi connectivity index (χ0v) is 13.8. The summed E-state index contributed by atoms with van der Waals surface area (Å²) in [5.41, 5.74) is 1.13. The first-order valence-electron chi connectivity index (χ1n) is 7.59. The smallest absolute Gasteiger partial charge is 0.288 e. The summed E-state index contributed by atoms with van der Waals surface area (Å²) in [6.45, 7) is 3.54. The third kappa shape index (κ3) is 4.10. The molecular formula is C16H20F2N4S. The number of alkyl halides is 2.